The molecule has 1 aliphatic rings. The van der Waals surface area contributed by atoms with E-state index in [1.807, 2.05) is 0 Å². The summed E-state index contributed by atoms with van der Waals surface area (Å²) in [5, 5.41) is 18.6. The van der Waals surface area contributed by atoms with Crippen LogP contribution in [0, 0.1) is 0 Å². The van der Waals surface area contributed by atoms with E-state index in [9.17, 15) is 0 Å². The average Bonchev–Trinajstić information content (AvgIpc) is 2.03. The van der Waals surface area contributed by atoms with Crippen LogP contribution in [0.1, 0.15) is 32.1 Å². The van der Waals surface area contributed by atoms with Gasteiger partial charge in [0.05, 0.1) is 0 Å². The number of thiocarbonyl (C=S) groups is 2. The van der Waals surface area contributed by atoms with Gasteiger partial charge in [-0.15, -0.1) is 0 Å². The van der Waals surface area contributed by atoms with Crippen LogP contribution in [-0.4, -0.2) is 50.3 Å². The molecule has 0 atom stereocenters. The van der Waals surface area contributed by atoms with E-state index in [0.29, 0.717) is 6.04 Å². The molecule has 0 unspecified atom stereocenters. The van der Waals surface area contributed by atoms with E-state index < -0.39 is 5.17 Å². The molecule has 0 heterocycles. The van der Waals surface area contributed by atoms with Crippen molar-refractivity contribution in [2.24, 2.45) is 5.73 Å². The van der Waals surface area contributed by atoms with Gasteiger partial charge >= 0.3 is 0 Å². The Morgan fingerprint density at radius 1 is 1.13 bits per heavy atom. The molecule has 88 valence electrons. The number of aliphatic hydroxyl groups is 2. The van der Waals surface area contributed by atoms with Crippen LogP contribution >= 0.6 is 24.4 Å². The van der Waals surface area contributed by atoms with E-state index in [-0.39, 0.29) is 28.8 Å². The van der Waals surface area contributed by atoms with Crippen molar-refractivity contribution in [3.63, 3.8) is 0 Å². The predicted molar refractivity (Wildman–Crippen MR) is 70.4 cm³/mol. The molecule has 7 heteroatoms. The molecule has 1 aliphatic carbocycles. The van der Waals surface area contributed by atoms with Gasteiger partial charge in [-0.1, -0.05) is 19.3 Å². The molecule has 1 saturated carbocycles. The zero-order chi connectivity index (χ0) is 11.0. The average molecular weight is 364 g/mol. The zero-order valence-corrected chi connectivity index (χ0v) is 12.3. The summed E-state index contributed by atoms with van der Waals surface area (Å²) < 4.78 is 0. The van der Waals surface area contributed by atoms with Crippen LogP contribution in [-0.2, 0) is 0 Å². The number of nitrogens with one attached hydrogen (secondary N) is 1. The van der Waals surface area contributed by atoms with E-state index >= 15 is 0 Å². The number of nitrogens with two attached hydrogens (primary N) is 1. The quantitative estimate of drug-likeness (QED) is 0.413. The van der Waals surface area contributed by atoms with Crippen LogP contribution < -0.4 is 11.1 Å². The summed E-state index contributed by atoms with van der Waals surface area (Å²) >= 11 is 8.39. The number of rotatable bonds is 1. The van der Waals surface area contributed by atoms with Crippen LogP contribution in [0.2, 0.25) is 0 Å². The summed E-state index contributed by atoms with van der Waals surface area (Å²) in [6.07, 6.45) is 6.17. The maximum absolute atomic E-state index is 8.72. The molecule has 15 heavy (non-hydrogen) atoms. The fourth-order valence-corrected chi connectivity index (χ4v) is 1.59. The standard InChI is InChI=1S/C7H13NOS.CH3NOS.Te/c9-7(10)8-6-4-2-1-3-5-6;2-1(3)4;/h6H,1-5H2,(H2,8,9,10);(H3,2,3,4);. The second-order valence-corrected chi connectivity index (χ2v) is 3.93. The zero-order valence-electron chi connectivity index (χ0n) is 8.31. The number of hydrogen-bond acceptors (Lipinski definition) is 2. The van der Waals surface area contributed by atoms with E-state index in [1.165, 1.54) is 19.3 Å². The van der Waals surface area contributed by atoms with Gasteiger partial charge in [-0.3, -0.25) is 0 Å². The number of hydrogen-bond donors (Lipinski definition) is 4. The van der Waals surface area contributed by atoms with Gasteiger partial charge in [0.25, 0.3) is 10.3 Å². The minimum Gasteiger partial charge on any atom is -0.487 e. The van der Waals surface area contributed by atoms with E-state index in [0.717, 1.165) is 12.8 Å². The Hall–Kier alpha value is 0.170. The monoisotopic (exact) mass is 366 g/mol. The molecule has 2 radical (unpaired) electrons. The van der Waals surface area contributed by atoms with Crippen molar-refractivity contribution < 1.29 is 10.2 Å². The summed E-state index contributed by atoms with van der Waals surface area (Å²) in [5.74, 6) is 0. The normalized spacial score (nSPS) is 15.2. The first kappa shape index (κ1) is 17.6. The molecule has 5 N–H and O–H groups in total. The Morgan fingerprint density at radius 2 is 1.53 bits per heavy atom. The van der Waals surface area contributed by atoms with Crippen molar-refractivity contribution in [1.29, 1.82) is 0 Å². The van der Waals surface area contributed by atoms with Crippen molar-refractivity contribution in [2.45, 2.75) is 38.1 Å². The van der Waals surface area contributed by atoms with Gasteiger partial charge in [0.15, 0.2) is 0 Å². The van der Waals surface area contributed by atoms with E-state index in [4.69, 9.17) is 10.2 Å². The Kier molecular flexibility index (Phi) is 12.5. The van der Waals surface area contributed by atoms with Gasteiger partial charge in [-0.25, -0.2) is 0 Å². The molecule has 0 aromatic carbocycles. The summed E-state index contributed by atoms with van der Waals surface area (Å²) in [7, 11) is 0. The van der Waals surface area contributed by atoms with Gasteiger partial charge < -0.3 is 21.3 Å². The molecular formula is C8H16N2O2S2Te. The first-order valence-corrected chi connectivity index (χ1v) is 5.32. The molecule has 0 aromatic heterocycles. The molecule has 0 aliphatic heterocycles. The molecule has 0 aromatic rings. The topological polar surface area (TPSA) is 78.5 Å². The van der Waals surface area contributed by atoms with Crippen LogP contribution in [0.3, 0.4) is 0 Å². The minimum absolute atomic E-state index is 0. The minimum atomic E-state index is -0.500. The summed E-state index contributed by atoms with van der Waals surface area (Å²) in [5.41, 5.74) is 4.40. The Labute approximate surface area is 117 Å². The van der Waals surface area contributed by atoms with Crippen LogP contribution in [0.5, 0.6) is 0 Å². The first-order chi connectivity index (χ1) is 6.52. The molecular weight excluding hydrogens is 348 g/mol. The third-order valence-electron chi connectivity index (χ3n) is 1.93. The predicted octanol–water partition coefficient (Wildman–Crippen LogP) is 1.16. The molecule has 1 fully saturated rings. The largest absolute Gasteiger partial charge is 0.487 e. The van der Waals surface area contributed by atoms with E-state index in [1.54, 1.807) is 0 Å². The summed E-state index contributed by atoms with van der Waals surface area (Å²) in [4.78, 5) is 0. The fraction of sp³-hybridized carbons (Fsp3) is 0.750. The molecule has 4 nitrogen and oxygen atoms in total. The Morgan fingerprint density at radius 3 is 1.87 bits per heavy atom. The third-order valence-corrected chi connectivity index (χ3v) is 2.05. The molecule has 1 rings (SSSR count). The maximum atomic E-state index is 8.72. The third kappa shape index (κ3) is 14.2. The van der Waals surface area contributed by atoms with Crippen molar-refractivity contribution in [3.8, 4) is 0 Å². The van der Waals surface area contributed by atoms with Gasteiger partial charge in [0, 0.05) is 29.7 Å². The van der Waals surface area contributed by atoms with Crippen molar-refractivity contribution in [2.75, 3.05) is 0 Å². The van der Waals surface area contributed by atoms with Gasteiger partial charge in [-0.2, -0.15) is 0 Å². The SMILES string of the molecule is NC(O)=S.OC(=S)NC1CCCCC1.[Te]. The molecule has 0 spiro atoms. The smallest absolute Gasteiger partial charge is 0.254 e. The first-order valence-electron chi connectivity index (χ1n) is 4.50. The van der Waals surface area contributed by atoms with Crippen molar-refractivity contribution >= 4 is 58.5 Å². The van der Waals surface area contributed by atoms with Crippen molar-refractivity contribution in [1.82, 2.24) is 5.32 Å². The van der Waals surface area contributed by atoms with Crippen LogP contribution in [0.15, 0.2) is 0 Å². The van der Waals surface area contributed by atoms with Crippen LogP contribution in [0.25, 0.3) is 0 Å². The Balaban J connectivity index is 0. The van der Waals surface area contributed by atoms with Gasteiger partial charge in [-0.05, 0) is 37.3 Å². The molecule has 0 bridgehead atoms. The maximum Gasteiger partial charge on any atom is 0.254 e. The fourth-order valence-electron chi connectivity index (χ4n) is 1.42. The molecule has 0 saturated heterocycles. The summed E-state index contributed by atoms with van der Waals surface area (Å²) in [6.45, 7) is 0. The van der Waals surface area contributed by atoms with Crippen molar-refractivity contribution in [3.05, 3.63) is 0 Å². The van der Waals surface area contributed by atoms with Gasteiger partial charge in [0.2, 0.25) is 0 Å². The molecule has 0 amide bonds. The summed E-state index contributed by atoms with van der Waals surface area (Å²) in [6, 6.07) is 0.436. The number of aliphatic hydroxyl groups excluding tert-OH is 2. The Bertz CT molecular complexity index is 195. The van der Waals surface area contributed by atoms with E-state index in [2.05, 4.69) is 35.5 Å². The van der Waals surface area contributed by atoms with Crippen LogP contribution in [0.4, 0.5) is 0 Å². The second kappa shape index (κ2) is 10.7. The van der Waals surface area contributed by atoms with Gasteiger partial charge in [0.1, 0.15) is 0 Å². The second-order valence-electron chi connectivity index (χ2n) is 3.12.